The first-order valence-electron chi connectivity index (χ1n) is 3.88. The normalized spacial score (nSPS) is 10.0. The summed E-state index contributed by atoms with van der Waals surface area (Å²) in [5, 5.41) is 3.89. The second-order valence-electron chi connectivity index (χ2n) is 2.45. The minimum atomic E-state index is -0.184. The van der Waals surface area contributed by atoms with Gasteiger partial charge in [0.05, 0.1) is 26.5 Å². The molecule has 1 rings (SSSR count). The van der Waals surface area contributed by atoms with Gasteiger partial charge in [-0.2, -0.15) is 5.10 Å². The first-order valence-corrected chi connectivity index (χ1v) is 3.88. The lowest BCUT2D eigenvalue weighted by molar-refractivity contribution is 0.181. The maximum absolute atomic E-state index is 11.3. The predicted molar refractivity (Wildman–Crippen MR) is 46.9 cm³/mol. The van der Waals surface area contributed by atoms with Gasteiger partial charge in [0.1, 0.15) is 5.75 Å². The average molecular weight is 184 g/mol. The maximum Gasteiger partial charge on any atom is 0.270 e. The van der Waals surface area contributed by atoms with Gasteiger partial charge in [-0.05, 0) is 0 Å². The number of aromatic nitrogens is 2. The number of methoxy groups -OCH3 is 2. The Balaban J connectivity index is 2.80. The largest absolute Gasteiger partial charge is 0.495 e. The Morgan fingerprint density at radius 2 is 2.31 bits per heavy atom. The fourth-order valence-corrected chi connectivity index (χ4v) is 0.874. The molecule has 0 bridgehead atoms. The average Bonchev–Trinajstić information content (AvgIpc) is 2.16. The van der Waals surface area contributed by atoms with Gasteiger partial charge in [-0.25, -0.2) is 4.68 Å². The molecule has 0 spiro atoms. The molecule has 0 aliphatic rings. The molecule has 5 nitrogen and oxygen atoms in total. The zero-order chi connectivity index (χ0) is 9.68. The standard InChI is InChI=1S/C8H12N2O3/c1-12-4-3-10-8(11)5-7(13-2)6-9-10/h5-6H,3-4H2,1-2H3. The van der Waals surface area contributed by atoms with Crippen LogP contribution in [-0.4, -0.2) is 30.6 Å². The van der Waals surface area contributed by atoms with Gasteiger partial charge < -0.3 is 9.47 Å². The third-order valence-electron chi connectivity index (χ3n) is 1.59. The first-order chi connectivity index (χ1) is 6.27. The highest BCUT2D eigenvalue weighted by Gasteiger charge is 1.98. The van der Waals surface area contributed by atoms with Crippen molar-refractivity contribution in [3.63, 3.8) is 0 Å². The Morgan fingerprint density at radius 3 is 2.85 bits per heavy atom. The summed E-state index contributed by atoms with van der Waals surface area (Å²) in [7, 11) is 3.07. The lowest BCUT2D eigenvalue weighted by Crippen LogP contribution is -2.23. The number of rotatable bonds is 4. The second kappa shape index (κ2) is 4.61. The molecule has 1 aromatic heterocycles. The third kappa shape index (κ3) is 2.55. The van der Waals surface area contributed by atoms with Crippen LogP contribution in [0.15, 0.2) is 17.1 Å². The van der Waals surface area contributed by atoms with E-state index in [2.05, 4.69) is 5.10 Å². The molecule has 0 N–H and O–H groups in total. The van der Waals surface area contributed by atoms with Crippen molar-refractivity contribution in [2.24, 2.45) is 0 Å². The van der Waals surface area contributed by atoms with E-state index in [0.29, 0.717) is 18.9 Å². The van der Waals surface area contributed by atoms with Crippen molar-refractivity contribution in [3.05, 3.63) is 22.6 Å². The minimum Gasteiger partial charge on any atom is -0.495 e. The smallest absolute Gasteiger partial charge is 0.270 e. The van der Waals surface area contributed by atoms with Crippen molar-refractivity contribution in [1.82, 2.24) is 9.78 Å². The summed E-state index contributed by atoms with van der Waals surface area (Å²) in [6.45, 7) is 0.929. The summed E-state index contributed by atoms with van der Waals surface area (Å²) in [6.07, 6.45) is 1.50. The van der Waals surface area contributed by atoms with E-state index in [1.54, 1.807) is 7.11 Å². The Hall–Kier alpha value is -1.36. The highest BCUT2D eigenvalue weighted by atomic mass is 16.5. The SMILES string of the molecule is COCCn1ncc(OC)cc1=O. The molecule has 0 unspecified atom stereocenters. The van der Waals surface area contributed by atoms with Gasteiger partial charge in [-0.3, -0.25) is 4.79 Å². The predicted octanol–water partition coefficient (Wildman–Crippen LogP) is -0.102. The molecule has 72 valence electrons. The van der Waals surface area contributed by atoms with Gasteiger partial charge in [-0.1, -0.05) is 0 Å². The van der Waals surface area contributed by atoms with Gasteiger partial charge in [0.25, 0.3) is 5.56 Å². The molecule has 1 heterocycles. The number of nitrogens with zero attached hydrogens (tertiary/aromatic N) is 2. The summed E-state index contributed by atoms with van der Waals surface area (Å²) in [5.74, 6) is 0.471. The molecule has 0 saturated carbocycles. The zero-order valence-corrected chi connectivity index (χ0v) is 7.69. The van der Waals surface area contributed by atoms with E-state index in [9.17, 15) is 4.79 Å². The van der Waals surface area contributed by atoms with Crippen LogP contribution in [0.2, 0.25) is 0 Å². The molecular formula is C8H12N2O3. The van der Waals surface area contributed by atoms with Gasteiger partial charge >= 0.3 is 0 Å². The van der Waals surface area contributed by atoms with E-state index in [4.69, 9.17) is 9.47 Å². The van der Waals surface area contributed by atoms with Gasteiger partial charge in [0.15, 0.2) is 0 Å². The van der Waals surface area contributed by atoms with Gasteiger partial charge in [0.2, 0.25) is 0 Å². The van der Waals surface area contributed by atoms with Crippen molar-refractivity contribution in [2.75, 3.05) is 20.8 Å². The monoisotopic (exact) mass is 184 g/mol. The van der Waals surface area contributed by atoms with E-state index in [1.807, 2.05) is 0 Å². The topological polar surface area (TPSA) is 53.4 Å². The summed E-state index contributed by atoms with van der Waals surface area (Å²) < 4.78 is 11.0. The van der Waals surface area contributed by atoms with Crippen LogP contribution < -0.4 is 10.3 Å². The molecular weight excluding hydrogens is 172 g/mol. The van der Waals surface area contributed by atoms with Crippen LogP contribution >= 0.6 is 0 Å². The zero-order valence-electron chi connectivity index (χ0n) is 7.69. The van der Waals surface area contributed by atoms with Crippen LogP contribution in [0.25, 0.3) is 0 Å². The Morgan fingerprint density at radius 1 is 1.54 bits per heavy atom. The van der Waals surface area contributed by atoms with E-state index in [0.717, 1.165) is 0 Å². The molecule has 0 fully saturated rings. The van der Waals surface area contributed by atoms with Crippen LogP contribution in [0.1, 0.15) is 0 Å². The first kappa shape index (κ1) is 9.73. The Labute approximate surface area is 75.9 Å². The maximum atomic E-state index is 11.3. The van der Waals surface area contributed by atoms with Crippen LogP contribution in [0.4, 0.5) is 0 Å². The summed E-state index contributed by atoms with van der Waals surface area (Å²) >= 11 is 0. The molecule has 0 radical (unpaired) electrons. The van der Waals surface area contributed by atoms with E-state index < -0.39 is 0 Å². The highest BCUT2D eigenvalue weighted by Crippen LogP contribution is 2.00. The van der Waals surface area contributed by atoms with Crippen LogP contribution in [0.5, 0.6) is 5.75 Å². The lowest BCUT2D eigenvalue weighted by Gasteiger charge is -2.03. The van der Waals surface area contributed by atoms with Crippen LogP contribution in [0, 0.1) is 0 Å². The molecule has 0 saturated heterocycles. The van der Waals surface area contributed by atoms with Crippen molar-refractivity contribution in [2.45, 2.75) is 6.54 Å². The molecule has 0 aliphatic heterocycles. The molecule has 1 aromatic rings. The van der Waals surface area contributed by atoms with Crippen LogP contribution in [0.3, 0.4) is 0 Å². The number of hydrogen-bond donors (Lipinski definition) is 0. The third-order valence-corrected chi connectivity index (χ3v) is 1.59. The summed E-state index contributed by atoms with van der Waals surface area (Å²) in [6, 6.07) is 1.39. The Bertz CT molecular complexity index is 321. The molecule has 0 atom stereocenters. The van der Waals surface area contributed by atoms with Crippen molar-refractivity contribution in [1.29, 1.82) is 0 Å². The number of ether oxygens (including phenoxy) is 2. The lowest BCUT2D eigenvalue weighted by atomic mass is 10.5. The second-order valence-corrected chi connectivity index (χ2v) is 2.45. The van der Waals surface area contributed by atoms with Gasteiger partial charge in [-0.15, -0.1) is 0 Å². The van der Waals surface area contributed by atoms with Crippen molar-refractivity contribution >= 4 is 0 Å². The summed E-state index contributed by atoms with van der Waals surface area (Å²) in [4.78, 5) is 11.3. The fraction of sp³-hybridized carbons (Fsp3) is 0.500. The van der Waals surface area contributed by atoms with Crippen LogP contribution in [-0.2, 0) is 11.3 Å². The van der Waals surface area contributed by atoms with Crippen molar-refractivity contribution < 1.29 is 9.47 Å². The highest BCUT2D eigenvalue weighted by molar-refractivity contribution is 5.12. The van der Waals surface area contributed by atoms with E-state index in [-0.39, 0.29) is 5.56 Å². The molecule has 0 aliphatic carbocycles. The van der Waals surface area contributed by atoms with Gasteiger partial charge in [0, 0.05) is 13.2 Å². The Kier molecular flexibility index (Phi) is 3.45. The van der Waals surface area contributed by atoms with E-state index in [1.165, 1.54) is 24.1 Å². The molecule has 13 heavy (non-hydrogen) atoms. The number of hydrogen-bond acceptors (Lipinski definition) is 4. The summed E-state index contributed by atoms with van der Waals surface area (Å²) in [5.41, 5.74) is -0.184. The fourth-order valence-electron chi connectivity index (χ4n) is 0.874. The molecule has 0 amide bonds. The minimum absolute atomic E-state index is 0.184. The quantitative estimate of drug-likeness (QED) is 0.655. The molecule has 5 heteroatoms. The van der Waals surface area contributed by atoms with E-state index >= 15 is 0 Å². The molecule has 0 aromatic carbocycles. The van der Waals surface area contributed by atoms with Crippen molar-refractivity contribution in [3.8, 4) is 5.75 Å².